The Balaban J connectivity index is 1.33. The van der Waals surface area contributed by atoms with E-state index in [-0.39, 0.29) is 5.25 Å². The molecule has 2 aliphatic rings. The predicted molar refractivity (Wildman–Crippen MR) is 329 cm³/mol. The molecule has 0 saturated heterocycles. The second-order valence-corrected chi connectivity index (χ2v) is 25.1. The standard InChI is InChI=1S/C57H72N16S4/c1-33(77-57(72(14)15)73(16)17)37-21-25-41-45(29-37)53-64-49(41)58-46-38-22-18-34(30-74-54(66(2)3)67(4)5)26-42(38)50(59-46)60-47-39-23-19-35(31-75-55(68(6)7)69(8)9)27-43(39)51(61-47)62-48-40-24-20-36(28-44(40)52(63-48)65-53)32-76-56(70(10)11)71(12)13/h18-29,33H,30-32H2,1-17H3,(H2,58,59,60,61,62,63,64,65)/q+4. The van der Waals surface area contributed by atoms with Crippen molar-refractivity contribution in [2.24, 2.45) is 0 Å². The van der Waals surface area contributed by atoms with E-state index < -0.39 is 0 Å². The molecular weight excluding hydrogens is 1040 g/mol. The van der Waals surface area contributed by atoms with Crippen LogP contribution in [0.3, 0.4) is 0 Å². The Labute approximate surface area is 469 Å². The van der Waals surface area contributed by atoms with Crippen molar-refractivity contribution >= 4 is 112 Å². The number of aromatic nitrogens is 8. The zero-order valence-corrected chi connectivity index (χ0v) is 50.8. The molecule has 9 rings (SSSR count). The van der Waals surface area contributed by atoms with Gasteiger partial charge in [-0.2, -0.15) is 0 Å². The topological polar surface area (TPSA) is 134 Å². The van der Waals surface area contributed by atoms with Gasteiger partial charge in [0.2, 0.25) is 0 Å². The second kappa shape index (κ2) is 22.8. The van der Waals surface area contributed by atoms with Gasteiger partial charge in [-0.15, -0.1) is 0 Å². The smallest absolute Gasteiger partial charge is 0.308 e. The van der Waals surface area contributed by atoms with Crippen LogP contribution in [0.4, 0.5) is 0 Å². The third-order valence-corrected chi connectivity index (χ3v) is 18.9. The Hall–Kier alpha value is -6.48. The fraction of sp³-hybridized carbons (Fsp3) is 0.368. The van der Waals surface area contributed by atoms with Crippen molar-refractivity contribution in [3.05, 3.63) is 95.1 Å². The fourth-order valence-electron chi connectivity index (χ4n) is 9.73. The summed E-state index contributed by atoms with van der Waals surface area (Å²) < 4.78 is 8.62. The molecule has 0 spiro atoms. The van der Waals surface area contributed by atoms with Crippen LogP contribution in [-0.4, -0.2) is 211 Å². The summed E-state index contributed by atoms with van der Waals surface area (Å²) >= 11 is 7.20. The van der Waals surface area contributed by atoms with Crippen LogP contribution in [0.5, 0.6) is 0 Å². The molecule has 20 heteroatoms. The van der Waals surface area contributed by atoms with Crippen molar-refractivity contribution in [1.29, 1.82) is 0 Å². The van der Waals surface area contributed by atoms with Crippen LogP contribution in [-0.2, 0) is 17.3 Å². The van der Waals surface area contributed by atoms with Crippen molar-refractivity contribution in [3.8, 4) is 45.6 Å². The summed E-state index contributed by atoms with van der Waals surface area (Å²) in [7, 11) is 33.3. The lowest BCUT2D eigenvalue weighted by Gasteiger charge is -2.16. The van der Waals surface area contributed by atoms with Gasteiger partial charge < -0.3 is 9.97 Å². The lowest BCUT2D eigenvalue weighted by Crippen LogP contribution is -2.27. The molecule has 0 fully saturated rings. The number of fused-ring (bicyclic) bond motifs is 20. The van der Waals surface area contributed by atoms with Crippen LogP contribution in [0.15, 0.2) is 72.8 Å². The number of nitrogens with zero attached hydrogens (tertiary/aromatic N) is 14. The lowest BCUT2D eigenvalue weighted by molar-refractivity contribution is -0.466. The summed E-state index contributed by atoms with van der Waals surface area (Å²) in [6.45, 7) is 2.25. The predicted octanol–water partition coefficient (Wildman–Crippen LogP) is 9.12. The summed E-state index contributed by atoms with van der Waals surface area (Å²) in [6, 6.07) is 26.3. The first-order valence-electron chi connectivity index (χ1n) is 25.4. The van der Waals surface area contributed by atoms with Gasteiger partial charge in [-0.25, -0.2) is 29.9 Å². The van der Waals surface area contributed by atoms with Gasteiger partial charge in [0.05, 0.1) is 113 Å². The minimum absolute atomic E-state index is 0.122. The molecule has 0 amide bonds. The van der Waals surface area contributed by atoms with Gasteiger partial charge in [-0.1, -0.05) is 48.5 Å². The van der Waals surface area contributed by atoms with E-state index in [1.807, 2.05) is 11.8 Å². The van der Waals surface area contributed by atoms with E-state index in [9.17, 15) is 0 Å². The highest BCUT2D eigenvalue weighted by atomic mass is 32.2. The average Bonchev–Trinajstić information content (AvgIpc) is 4.15. The number of nitrogens with one attached hydrogen (secondary N) is 2. The normalized spacial score (nSPS) is 12.0. The number of amidine groups is 4. The zero-order chi connectivity index (χ0) is 55.1. The molecule has 8 bridgehead atoms. The molecule has 77 heavy (non-hydrogen) atoms. The van der Waals surface area contributed by atoms with E-state index in [1.165, 1.54) is 0 Å². The van der Waals surface area contributed by atoms with E-state index in [4.69, 9.17) is 29.9 Å². The zero-order valence-electron chi connectivity index (χ0n) is 47.5. The average molecular weight is 1110 g/mol. The first kappa shape index (κ1) is 55.3. The maximum atomic E-state index is 5.50. The van der Waals surface area contributed by atoms with Crippen molar-refractivity contribution in [2.75, 3.05) is 113 Å². The molecule has 2 N–H and O–H groups in total. The molecule has 0 radical (unpaired) electrons. The second-order valence-electron chi connectivity index (χ2n) is 21.0. The maximum absolute atomic E-state index is 5.50. The van der Waals surface area contributed by atoms with Crippen LogP contribution in [0.25, 0.3) is 89.7 Å². The molecule has 5 heterocycles. The summed E-state index contributed by atoms with van der Waals surface area (Å²) in [5.74, 6) is 4.56. The molecule has 3 aromatic heterocycles. The van der Waals surface area contributed by atoms with Gasteiger partial charge in [0.15, 0.2) is 23.3 Å². The number of rotatable bonds is 8. The Morgan fingerprint density at radius 3 is 1.13 bits per heavy atom. The van der Waals surface area contributed by atoms with Crippen molar-refractivity contribution < 1.29 is 18.3 Å². The van der Waals surface area contributed by atoms with Crippen LogP contribution in [0, 0.1) is 0 Å². The maximum Gasteiger partial charge on any atom is 0.308 e. The number of hydrogen-bond donors (Lipinski definition) is 2. The van der Waals surface area contributed by atoms with Crippen molar-refractivity contribution in [1.82, 2.24) is 59.5 Å². The highest BCUT2D eigenvalue weighted by Crippen LogP contribution is 2.41. The third kappa shape index (κ3) is 11.7. The molecule has 1 unspecified atom stereocenters. The quantitative estimate of drug-likeness (QED) is 0.0852. The number of hydrogen-bond acceptors (Lipinski definition) is 10. The van der Waals surface area contributed by atoms with E-state index in [0.717, 1.165) is 104 Å². The Kier molecular flexibility index (Phi) is 16.4. The summed E-state index contributed by atoms with van der Waals surface area (Å²) in [5, 5.41) is 8.51. The lowest BCUT2D eigenvalue weighted by atomic mass is 10.0. The first-order chi connectivity index (χ1) is 36.6. The van der Waals surface area contributed by atoms with Gasteiger partial charge >= 0.3 is 20.7 Å². The van der Waals surface area contributed by atoms with Gasteiger partial charge in [-0.3, -0.25) is 37.9 Å². The SMILES string of the molecule is CC(SC(N(C)C)=[N+](C)C)c1ccc2c(c1)-c1nc-2nc2[nH]c(nc3nc(nc4[nH]c(n1)c1cc(CSC(N(C)C)=[N+](C)C)ccc41)-c1cc(CSC(N(C)C)=[N+](C)C)ccc1-3)c1cc(CSC(N(C)C)=[N+](C)C)ccc21. The van der Waals surface area contributed by atoms with E-state index in [0.29, 0.717) is 45.9 Å². The monoisotopic (exact) mass is 1110 g/mol. The summed E-state index contributed by atoms with van der Waals surface area (Å²) in [6.07, 6.45) is 0. The van der Waals surface area contributed by atoms with E-state index in [1.54, 1.807) is 35.3 Å². The van der Waals surface area contributed by atoms with Crippen LogP contribution in [0.2, 0.25) is 0 Å². The first-order valence-corrected chi connectivity index (χ1v) is 29.3. The number of thioether (sulfide) groups is 4. The highest BCUT2D eigenvalue weighted by molar-refractivity contribution is 8.14. The van der Waals surface area contributed by atoms with Crippen LogP contribution in [0.1, 0.15) is 34.4 Å². The summed E-state index contributed by atoms with van der Waals surface area (Å²) in [4.78, 5) is 48.5. The molecular formula is C57H72N16S4+4. The minimum Gasteiger partial charge on any atom is -0.324 e. The Morgan fingerprint density at radius 1 is 0.403 bits per heavy atom. The van der Waals surface area contributed by atoms with Gasteiger partial charge in [0.25, 0.3) is 0 Å². The number of benzene rings is 4. The summed E-state index contributed by atoms with van der Waals surface area (Å²) in [5.41, 5.74) is 10.9. The molecule has 1 atom stereocenters. The molecule has 4 aromatic carbocycles. The van der Waals surface area contributed by atoms with E-state index in [2.05, 4.69) is 240 Å². The van der Waals surface area contributed by atoms with Crippen molar-refractivity contribution in [3.63, 3.8) is 0 Å². The molecule has 400 valence electrons. The molecule has 0 aliphatic carbocycles. The van der Waals surface area contributed by atoms with Gasteiger partial charge in [-0.05, 0) is 100 Å². The minimum atomic E-state index is 0.122. The molecule has 7 aromatic rings. The van der Waals surface area contributed by atoms with E-state index >= 15 is 0 Å². The van der Waals surface area contributed by atoms with Crippen LogP contribution < -0.4 is 0 Å². The molecule has 16 nitrogen and oxygen atoms in total. The Bertz CT molecular complexity index is 3760. The third-order valence-electron chi connectivity index (χ3n) is 13.0. The molecule has 2 aliphatic heterocycles. The van der Waals surface area contributed by atoms with Crippen LogP contribution >= 0.6 is 47.0 Å². The number of aromatic amines is 2. The van der Waals surface area contributed by atoms with Crippen molar-refractivity contribution in [2.45, 2.75) is 29.4 Å². The largest absolute Gasteiger partial charge is 0.324 e. The molecule has 0 saturated carbocycles. The highest BCUT2D eigenvalue weighted by Gasteiger charge is 2.27. The van der Waals surface area contributed by atoms with Gasteiger partial charge in [0.1, 0.15) is 22.6 Å². The fourth-order valence-corrected chi connectivity index (χ4v) is 13.7. The Morgan fingerprint density at radius 2 is 0.740 bits per heavy atom. The number of H-pyrrole nitrogens is 2. The van der Waals surface area contributed by atoms with Gasteiger partial charge in [0, 0.05) is 66.3 Å².